The fourth-order valence-electron chi connectivity index (χ4n) is 2.58. The highest BCUT2D eigenvalue weighted by Crippen LogP contribution is 2.27. The van der Waals surface area contributed by atoms with Crippen molar-refractivity contribution in [2.75, 3.05) is 18.2 Å². The van der Waals surface area contributed by atoms with Crippen LogP contribution in [0.3, 0.4) is 0 Å². The Balaban J connectivity index is 0.00000288. The largest absolute Gasteiger partial charge is 0.495 e. The second-order valence-electron chi connectivity index (χ2n) is 5.72. The fraction of sp³-hybridized carbons (Fsp3) is 0.316. The van der Waals surface area contributed by atoms with Crippen LogP contribution in [0.5, 0.6) is 5.75 Å². The van der Waals surface area contributed by atoms with Crippen molar-refractivity contribution in [1.29, 1.82) is 0 Å². The van der Waals surface area contributed by atoms with Crippen LogP contribution in [-0.4, -0.2) is 13.0 Å². The Labute approximate surface area is 149 Å². The molecule has 0 aliphatic heterocycles. The summed E-state index contributed by atoms with van der Waals surface area (Å²) in [5.74, 6) is 0.808. The highest BCUT2D eigenvalue weighted by Gasteiger charge is 2.14. The van der Waals surface area contributed by atoms with Crippen molar-refractivity contribution in [3.63, 3.8) is 0 Å². The predicted octanol–water partition coefficient (Wildman–Crippen LogP) is 4.53. The third-order valence-electron chi connectivity index (χ3n) is 3.99. The van der Waals surface area contributed by atoms with Crippen molar-refractivity contribution in [3.8, 4) is 5.75 Å². The molecule has 0 bridgehead atoms. The molecule has 0 aliphatic carbocycles. The maximum atomic E-state index is 12.3. The SMILES string of the molecule is CCC(CC(=O)Nc1ccc(OC)c(N)c1)c1ccc(C)cc1.Cl. The normalized spacial score (nSPS) is 11.3. The number of carbonyl (C=O) groups excluding carboxylic acids is 1. The van der Waals surface area contributed by atoms with E-state index in [1.54, 1.807) is 25.3 Å². The molecule has 24 heavy (non-hydrogen) atoms. The predicted molar refractivity (Wildman–Crippen MR) is 102 cm³/mol. The van der Waals surface area contributed by atoms with Gasteiger partial charge in [-0.3, -0.25) is 4.79 Å². The number of benzene rings is 2. The van der Waals surface area contributed by atoms with Crippen LogP contribution in [0.15, 0.2) is 42.5 Å². The summed E-state index contributed by atoms with van der Waals surface area (Å²) in [5.41, 5.74) is 9.48. The lowest BCUT2D eigenvalue weighted by Crippen LogP contribution is -2.15. The van der Waals surface area contributed by atoms with Crippen molar-refractivity contribution in [1.82, 2.24) is 0 Å². The standard InChI is InChI=1S/C19H24N2O2.ClH/c1-4-14(15-7-5-13(2)6-8-15)11-19(22)21-16-9-10-18(23-3)17(20)12-16;/h5-10,12,14H,4,11,20H2,1-3H3,(H,21,22);1H. The van der Waals surface area contributed by atoms with E-state index < -0.39 is 0 Å². The number of methoxy groups -OCH3 is 1. The van der Waals surface area contributed by atoms with E-state index in [2.05, 4.69) is 43.4 Å². The number of ether oxygens (including phenoxy) is 1. The van der Waals surface area contributed by atoms with Crippen LogP contribution in [0, 0.1) is 6.92 Å². The van der Waals surface area contributed by atoms with Crippen LogP contribution in [0.2, 0.25) is 0 Å². The van der Waals surface area contributed by atoms with Gasteiger partial charge in [-0.25, -0.2) is 0 Å². The average Bonchev–Trinajstić information content (AvgIpc) is 2.54. The van der Waals surface area contributed by atoms with Gasteiger partial charge < -0.3 is 15.8 Å². The first-order chi connectivity index (χ1) is 11.0. The topological polar surface area (TPSA) is 64.3 Å². The molecule has 0 aliphatic rings. The molecule has 130 valence electrons. The quantitative estimate of drug-likeness (QED) is 0.754. The van der Waals surface area contributed by atoms with Gasteiger partial charge in [0.1, 0.15) is 5.75 Å². The Bertz CT molecular complexity index is 672. The third-order valence-corrected chi connectivity index (χ3v) is 3.99. The Morgan fingerprint density at radius 2 is 1.88 bits per heavy atom. The monoisotopic (exact) mass is 348 g/mol. The minimum atomic E-state index is -0.0120. The number of amides is 1. The molecule has 0 saturated carbocycles. The number of aryl methyl sites for hydroxylation is 1. The minimum Gasteiger partial charge on any atom is -0.495 e. The Morgan fingerprint density at radius 1 is 1.21 bits per heavy atom. The van der Waals surface area contributed by atoms with Crippen molar-refractivity contribution in [2.24, 2.45) is 0 Å². The van der Waals surface area contributed by atoms with Crippen LogP contribution >= 0.6 is 12.4 Å². The molecule has 2 rings (SSSR count). The Hall–Kier alpha value is -2.20. The molecule has 0 spiro atoms. The van der Waals surface area contributed by atoms with E-state index in [0.717, 1.165) is 6.42 Å². The number of nitrogen functional groups attached to an aromatic ring is 1. The van der Waals surface area contributed by atoms with Gasteiger partial charge in [-0.15, -0.1) is 12.4 Å². The first-order valence-corrected chi connectivity index (χ1v) is 7.83. The number of carbonyl (C=O) groups is 1. The molecule has 0 aromatic heterocycles. The summed E-state index contributed by atoms with van der Waals surface area (Å²) in [4.78, 5) is 12.3. The molecule has 1 amide bonds. The fourth-order valence-corrected chi connectivity index (χ4v) is 2.58. The van der Waals surface area contributed by atoms with Gasteiger partial charge in [-0.2, -0.15) is 0 Å². The Kier molecular flexibility index (Phi) is 7.59. The van der Waals surface area contributed by atoms with Crippen LogP contribution in [0.1, 0.15) is 36.8 Å². The van der Waals surface area contributed by atoms with Gasteiger partial charge in [-0.1, -0.05) is 36.8 Å². The lowest BCUT2D eigenvalue weighted by Gasteiger charge is -2.16. The molecule has 0 fully saturated rings. The summed E-state index contributed by atoms with van der Waals surface area (Å²) in [6.07, 6.45) is 1.37. The lowest BCUT2D eigenvalue weighted by atomic mass is 9.92. The number of nitrogens with one attached hydrogen (secondary N) is 1. The minimum absolute atomic E-state index is 0. The van der Waals surface area contributed by atoms with Crippen molar-refractivity contribution >= 4 is 29.7 Å². The lowest BCUT2D eigenvalue weighted by molar-refractivity contribution is -0.116. The molecular weight excluding hydrogens is 324 g/mol. The molecule has 3 N–H and O–H groups in total. The average molecular weight is 349 g/mol. The van der Waals surface area contributed by atoms with Gasteiger partial charge >= 0.3 is 0 Å². The molecule has 1 unspecified atom stereocenters. The summed E-state index contributed by atoms with van der Waals surface area (Å²) in [6, 6.07) is 13.6. The first-order valence-electron chi connectivity index (χ1n) is 7.83. The van der Waals surface area contributed by atoms with E-state index in [1.807, 2.05) is 0 Å². The molecular formula is C19H25ClN2O2. The third kappa shape index (κ3) is 5.17. The van der Waals surface area contributed by atoms with Crippen LogP contribution < -0.4 is 15.8 Å². The van der Waals surface area contributed by atoms with Crippen LogP contribution in [0.4, 0.5) is 11.4 Å². The van der Waals surface area contributed by atoms with E-state index >= 15 is 0 Å². The molecule has 1 atom stereocenters. The highest BCUT2D eigenvalue weighted by molar-refractivity contribution is 5.92. The van der Waals surface area contributed by atoms with E-state index in [1.165, 1.54) is 11.1 Å². The van der Waals surface area contributed by atoms with Crippen LogP contribution in [-0.2, 0) is 4.79 Å². The van der Waals surface area contributed by atoms with Gasteiger partial charge in [0.2, 0.25) is 5.91 Å². The van der Waals surface area contributed by atoms with E-state index in [0.29, 0.717) is 23.5 Å². The molecule has 0 saturated heterocycles. The molecule has 4 nitrogen and oxygen atoms in total. The summed E-state index contributed by atoms with van der Waals surface area (Å²) in [5, 5.41) is 2.91. The van der Waals surface area contributed by atoms with Gasteiger partial charge in [-0.05, 0) is 43.0 Å². The van der Waals surface area contributed by atoms with Gasteiger partial charge in [0.05, 0.1) is 12.8 Å². The molecule has 0 radical (unpaired) electrons. The summed E-state index contributed by atoms with van der Waals surface area (Å²) in [6.45, 7) is 4.16. The first kappa shape index (κ1) is 19.8. The zero-order chi connectivity index (χ0) is 16.8. The highest BCUT2D eigenvalue weighted by atomic mass is 35.5. The summed E-state index contributed by atoms with van der Waals surface area (Å²) < 4.78 is 5.12. The van der Waals surface area contributed by atoms with E-state index in [-0.39, 0.29) is 24.2 Å². The maximum absolute atomic E-state index is 12.3. The number of hydrogen-bond donors (Lipinski definition) is 2. The number of halogens is 1. The van der Waals surface area contributed by atoms with E-state index in [9.17, 15) is 4.79 Å². The maximum Gasteiger partial charge on any atom is 0.224 e. The Morgan fingerprint density at radius 3 is 2.42 bits per heavy atom. The molecule has 5 heteroatoms. The zero-order valence-electron chi connectivity index (χ0n) is 14.3. The zero-order valence-corrected chi connectivity index (χ0v) is 15.2. The summed E-state index contributed by atoms with van der Waals surface area (Å²) >= 11 is 0. The molecule has 2 aromatic carbocycles. The van der Waals surface area contributed by atoms with Gasteiger partial charge in [0.25, 0.3) is 0 Å². The van der Waals surface area contributed by atoms with Gasteiger partial charge in [0, 0.05) is 12.1 Å². The molecule has 2 aromatic rings. The smallest absolute Gasteiger partial charge is 0.224 e. The van der Waals surface area contributed by atoms with Crippen molar-refractivity contribution in [3.05, 3.63) is 53.6 Å². The summed E-state index contributed by atoms with van der Waals surface area (Å²) in [7, 11) is 1.57. The van der Waals surface area contributed by atoms with Gasteiger partial charge in [0.15, 0.2) is 0 Å². The number of rotatable bonds is 6. The number of hydrogen-bond acceptors (Lipinski definition) is 3. The number of nitrogens with two attached hydrogens (primary N) is 1. The second-order valence-corrected chi connectivity index (χ2v) is 5.72. The molecule has 0 heterocycles. The van der Waals surface area contributed by atoms with Crippen molar-refractivity contribution < 1.29 is 9.53 Å². The van der Waals surface area contributed by atoms with E-state index in [4.69, 9.17) is 10.5 Å². The van der Waals surface area contributed by atoms with Crippen LogP contribution in [0.25, 0.3) is 0 Å². The number of anilines is 2. The second kappa shape index (κ2) is 9.18. The van der Waals surface area contributed by atoms with Crippen molar-refractivity contribution in [2.45, 2.75) is 32.6 Å².